The summed E-state index contributed by atoms with van der Waals surface area (Å²) in [6.07, 6.45) is 0. The average molecular weight is 1040 g/mol. The van der Waals surface area contributed by atoms with Gasteiger partial charge < -0.3 is 14.4 Å². The summed E-state index contributed by atoms with van der Waals surface area (Å²) >= 11 is 0. The zero-order valence-corrected chi connectivity index (χ0v) is 48.7. The van der Waals surface area contributed by atoms with Crippen molar-refractivity contribution in [3.8, 4) is 39.1 Å². The highest BCUT2D eigenvalue weighted by Gasteiger charge is 2.44. The van der Waals surface area contributed by atoms with Crippen LogP contribution in [0.25, 0.3) is 60.9 Å². The molecule has 13 rings (SSSR count). The second-order valence-corrected chi connectivity index (χ2v) is 26.8. The first-order valence-electron chi connectivity index (χ1n) is 28.8. The molecule has 80 heavy (non-hydrogen) atoms. The molecule has 3 heterocycles. The Hall–Kier alpha value is -8.34. The maximum absolute atomic E-state index is 2.59. The number of fused-ring (bicyclic) bond motifs is 7. The molecular formula is C76H72BN3. The zero-order valence-electron chi connectivity index (χ0n) is 48.7. The van der Waals surface area contributed by atoms with Gasteiger partial charge in [0.25, 0.3) is 6.71 Å². The highest BCUT2D eigenvalue weighted by molar-refractivity contribution is 7.00. The SMILES string of the molecule is CC(C)(C)c1ccc(N2c3ccc(C(C)(C)C)cc3B3c4ccc(-c5ccc6c(c5)c5ccccc5n6-c5ccccc5)cc4N(c4ccc(-c5cc(C(C)(C)C)cc(C(C)(C)C)c5)cc4)c4cc(-c5ccccc5)cc2c43)cc1. The van der Waals surface area contributed by atoms with Crippen LogP contribution in [0.5, 0.6) is 0 Å². The van der Waals surface area contributed by atoms with Crippen LogP contribution < -0.4 is 26.2 Å². The van der Waals surface area contributed by atoms with Crippen molar-refractivity contribution < 1.29 is 0 Å². The molecule has 0 aliphatic carbocycles. The molecule has 0 spiro atoms. The molecule has 394 valence electrons. The summed E-state index contributed by atoms with van der Waals surface area (Å²) in [7, 11) is 0. The summed E-state index contributed by atoms with van der Waals surface area (Å²) in [5, 5.41) is 2.49. The Morgan fingerprint density at radius 3 is 1.38 bits per heavy atom. The van der Waals surface area contributed by atoms with Gasteiger partial charge in [-0.1, -0.05) is 223 Å². The predicted octanol–water partition coefficient (Wildman–Crippen LogP) is 19.1. The first kappa shape index (κ1) is 51.1. The van der Waals surface area contributed by atoms with Gasteiger partial charge in [-0.2, -0.15) is 0 Å². The van der Waals surface area contributed by atoms with Gasteiger partial charge in [0.1, 0.15) is 0 Å². The minimum absolute atomic E-state index is 0.00282. The molecule has 0 fully saturated rings. The Balaban J connectivity index is 1.08. The summed E-state index contributed by atoms with van der Waals surface area (Å²) in [5.74, 6) is 0. The molecule has 0 atom stereocenters. The molecule has 0 radical (unpaired) electrons. The maximum Gasteiger partial charge on any atom is 0.252 e. The predicted molar refractivity (Wildman–Crippen MR) is 346 cm³/mol. The van der Waals surface area contributed by atoms with Crippen LogP contribution in [0.2, 0.25) is 0 Å². The van der Waals surface area contributed by atoms with E-state index in [-0.39, 0.29) is 28.4 Å². The quantitative estimate of drug-likeness (QED) is 0.154. The van der Waals surface area contributed by atoms with Crippen LogP contribution in [0.1, 0.15) is 105 Å². The number of nitrogens with zero attached hydrogens (tertiary/aromatic N) is 3. The van der Waals surface area contributed by atoms with E-state index in [2.05, 4.69) is 316 Å². The highest BCUT2D eigenvalue weighted by Crippen LogP contribution is 2.48. The molecule has 2 aliphatic heterocycles. The normalized spacial score (nSPS) is 13.4. The third-order valence-electron chi connectivity index (χ3n) is 17.2. The minimum Gasteiger partial charge on any atom is -0.311 e. The van der Waals surface area contributed by atoms with Crippen molar-refractivity contribution in [2.45, 2.75) is 105 Å². The minimum atomic E-state index is -0.0635. The van der Waals surface area contributed by atoms with Gasteiger partial charge in [-0.3, -0.25) is 0 Å². The Kier molecular flexibility index (Phi) is 11.9. The van der Waals surface area contributed by atoms with Crippen molar-refractivity contribution in [1.82, 2.24) is 4.57 Å². The van der Waals surface area contributed by atoms with E-state index in [9.17, 15) is 0 Å². The monoisotopic (exact) mass is 1040 g/mol. The van der Waals surface area contributed by atoms with Crippen LogP contribution in [0.4, 0.5) is 34.1 Å². The average Bonchev–Trinajstić information content (AvgIpc) is 3.88. The highest BCUT2D eigenvalue weighted by atomic mass is 15.2. The van der Waals surface area contributed by atoms with Gasteiger partial charge in [-0.25, -0.2) is 0 Å². The fraction of sp³-hybridized carbons (Fsp3) is 0.211. The lowest BCUT2D eigenvalue weighted by atomic mass is 9.33. The molecule has 10 aromatic carbocycles. The van der Waals surface area contributed by atoms with Gasteiger partial charge in [0.05, 0.1) is 11.0 Å². The fourth-order valence-corrected chi connectivity index (χ4v) is 12.6. The second-order valence-electron chi connectivity index (χ2n) is 26.8. The first-order valence-corrected chi connectivity index (χ1v) is 28.8. The maximum atomic E-state index is 2.59. The standard InChI is InChI=1S/C76H72BN3/c1-73(2,3)55-31-36-61(37-32-55)79-68-40-33-56(74(4,5)6)48-65(68)77-64-38-29-52(51-30-39-67-63(43-51)62-25-19-20-26-66(62)78(67)59-23-17-14-18-24-59)44-69(64)80(71-46-54(45-70(79)72(71)77)49-21-15-13-16-22-49)60-34-27-50(28-35-60)53-41-57(75(7,8)9)47-58(42-53)76(10,11)12/h13-48H,1-12H3. The van der Waals surface area contributed by atoms with Gasteiger partial charge in [-0.15, -0.1) is 0 Å². The number of benzene rings is 10. The molecule has 0 saturated carbocycles. The molecular weight excluding hydrogens is 966 g/mol. The van der Waals surface area contributed by atoms with Crippen molar-refractivity contribution in [2.75, 3.05) is 9.80 Å². The van der Waals surface area contributed by atoms with Gasteiger partial charge in [0, 0.05) is 50.6 Å². The lowest BCUT2D eigenvalue weighted by Crippen LogP contribution is -2.61. The number of hydrogen-bond acceptors (Lipinski definition) is 2. The molecule has 2 aliphatic rings. The summed E-state index contributed by atoms with van der Waals surface area (Å²) in [4.78, 5) is 5.16. The van der Waals surface area contributed by atoms with Crippen molar-refractivity contribution >= 4 is 79.0 Å². The first-order chi connectivity index (χ1) is 38.2. The Morgan fingerprint density at radius 1 is 0.275 bits per heavy atom. The van der Waals surface area contributed by atoms with E-state index < -0.39 is 0 Å². The molecule has 0 bridgehead atoms. The Labute approximate surface area is 475 Å². The van der Waals surface area contributed by atoms with Crippen molar-refractivity contribution in [2.24, 2.45) is 0 Å². The Bertz CT molecular complexity index is 4160. The van der Waals surface area contributed by atoms with E-state index in [1.807, 2.05) is 0 Å². The fourth-order valence-electron chi connectivity index (χ4n) is 12.6. The van der Waals surface area contributed by atoms with E-state index in [1.54, 1.807) is 0 Å². The number of hydrogen-bond donors (Lipinski definition) is 0. The van der Waals surface area contributed by atoms with Crippen LogP contribution in [0, 0.1) is 0 Å². The summed E-state index contributed by atoms with van der Waals surface area (Å²) in [6.45, 7) is 27.8. The summed E-state index contributed by atoms with van der Waals surface area (Å²) in [5.41, 5.74) is 27.1. The van der Waals surface area contributed by atoms with Crippen LogP contribution in [0.3, 0.4) is 0 Å². The number of aromatic nitrogens is 1. The molecule has 4 heteroatoms. The van der Waals surface area contributed by atoms with Crippen molar-refractivity contribution in [3.05, 3.63) is 241 Å². The van der Waals surface area contributed by atoms with Gasteiger partial charge in [0.15, 0.2) is 0 Å². The molecule has 0 unspecified atom stereocenters. The summed E-state index contributed by atoms with van der Waals surface area (Å²) in [6, 6.07) is 83.3. The molecule has 3 nitrogen and oxygen atoms in total. The topological polar surface area (TPSA) is 11.4 Å². The zero-order chi connectivity index (χ0) is 55.6. The van der Waals surface area contributed by atoms with Crippen LogP contribution in [-0.4, -0.2) is 11.3 Å². The van der Waals surface area contributed by atoms with Crippen molar-refractivity contribution in [3.63, 3.8) is 0 Å². The number of para-hydroxylation sites is 2. The molecule has 0 saturated heterocycles. The van der Waals surface area contributed by atoms with E-state index in [0.717, 1.165) is 17.1 Å². The Morgan fingerprint density at radius 2 is 0.750 bits per heavy atom. The molecule has 0 N–H and O–H groups in total. The lowest BCUT2D eigenvalue weighted by molar-refractivity contribution is 0.569. The third-order valence-corrected chi connectivity index (χ3v) is 17.2. The van der Waals surface area contributed by atoms with Crippen molar-refractivity contribution in [1.29, 1.82) is 0 Å². The van der Waals surface area contributed by atoms with Crippen LogP contribution in [0.15, 0.2) is 218 Å². The molecule has 1 aromatic heterocycles. The van der Waals surface area contributed by atoms with E-state index >= 15 is 0 Å². The lowest BCUT2D eigenvalue weighted by Gasteiger charge is -2.45. The van der Waals surface area contributed by atoms with Gasteiger partial charge in [0.2, 0.25) is 0 Å². The number of rotatable bonds is 6. The number of anilines is 6. The molecule has 11 aromatic rings. The van der Waals surface area contributed by atoms with E-state index in [0.29, 0.717) is 0 Å². The second kappa shape index (κ2) is 18.6. The van der Waals surface area contributed by atoms with Crippen LogP contribution >= 0.6 is 0 Å². The summed E-state index contributed by atoms with van der Waals surface area (Å²) < 4.78 is 2.41. The molecule has 0 amide bonds. The third kappa shape index (κ3) is 8.76. The largest absolute Gasteiger partial charge is 0.311 e. The smallest absolute Gasteiger partial charge is 0.252 e. The van der Waals surface area contributed by atoms with Gasteiger partial charge >= 0.3 is 0 Å². The van der Waals surface area contributed by atoms with E-state index in [1.165, 1.54) is 117 Å². The van der Waals surface area contributed by atoms with E-state index in [4.69, 9.17) is 0 Å². The van der Waals surface area contributed by atoms with Gasteiger partial charge in [-0.05, 0) is 173 Å². The van der Waals surface area contributed by atoms with Crippen LogP contribution in [-0.2, 0) is 21.7 Å².